The van der Waals surface area contributed by atoms with E-state index >= 15 is 0 Å². The molecule has 0 aliphatic carbocycles. The van der Waals surface area contributed by atoms with E-state index in [9.17, 15) is 4.79 Å². The number of nitrogens with zero attached hydrogens (tertiary/aromatic N) is 2. The van der Waals surface area contributed by atoms with Crippen molar-refractivity contribution >= 4 is 11.6 Å². The largest absolute Gasteiger partial charge is 0.492 e. The van der Waals surface area contributed by atoms with Gasteiger partial charge in [0, 0.05) is 19.3 Å². The zero-order valence-electron chi connectivity index (χ0n) is 13.6. The molecule has 3 N–H and O–H groups in total. The highest BCUT2D eigenvalue weighted by Crippen LogP contribution is 2.21. The van der Waals surface area contributed by atoms with Crippen LogP contribution in [-0.4, -0.2) is 35.4 Å². The van der Waals surface area contributed by atoms with E-state index in [1.807, 2.05) is 20.9 Å². The second-order valence-corrected chi connectivity index (χ2v) is 5.12. The van der Waals surface area contributed by atoms with Gasteiger partial charge in [0.15, 0.2) is 12.4 Å². The number of hydrogen-bond donors (Lipinski definition) is 2. The second kappa shape index (κ2) is 7.64. The third kappa shape index (κ3) is 4.46. The van der Waals surface area contributed by atoms with Gasteiger partial charge in [0.1, 0.15) is 18.1 Å². The van der Waals surface area contributed by atoms with Crippen molar-refractivity contribution in [1.29, 1.82) is 0 Å². The zero-order valence-corrected chi connectivity index (χ0v) is 13.6. The molecule has 1 heterocycles. The van der Waals surface area contributed by atoms with Gasteiger partial charge in [-0.1, -0.05) is 0 Å². The molecule has 1 aromatic heterocycles. The third-order valence-electron chi connectivity index (χ3n) is 3.31. The fraction of sp³-hybridized carbons (Fsp3) is 0.375. The van der Waals surface area contributed by atoms with Crippen LogP contribution >= 0.6 is 0 Å². The van der Waals surface area contributed by atoms with Crippen LogP contribution in [0.1, 0.15) is 11.4 Å². The van der Waals surface area contributed by atoms with Gasteiger partial charge in [-0.15, -0.1) is 0 Å². The van der Waals surface area contributed by atoms with Gasteiger partial charge >= 0.3 is 0 Å². The van der Waals surface area contributed by atoms with Crippen molar-refractivity contribution in [3.05, 3.63) is 35.7 Å². The Morgan fingerprint density at radius 2 is 1.96 bits per heavy atom. The number of amides is 1. The van der Waals surface area contributed by atoms with Crippen LogP contribution in [0.4, 0.5) is 5.69 Å². The van der Waals surface area contributed by atoms with Gasteiger partial charge in [-0.3, -0.25) is 9.48 Å². The SMILES string of the molecule is Cc1nn(C)c(C)c1OCC(=O)Nc1ccc(OCCN)cc1. The average molecular weight is 318 g/mol. The molecule has 23 heavy (non-hydrogen) atoms. The lowest BCUT2D eigenvalue weighted by molar-refractivity contribution is -0.118. The fourth-order valence-corrected chi connectivity index (χ4v) is 2.11. The summed E-state index contributed by atoms with van der Waals surface area (Å²) < 4.78 is 12.7. The van der Waals surface area contributed by atoms with Gasteiger partial charge in [0.25, 0.3) is 5.91 Å². The Bertz CT molecular complexity index is 665. The molecule has 1 aromatic carbocycles. The average Bonchev–Trinajstić information content (AvgIpc) is 2.77. The van der Waals surface area contributed by atoms with E-state index in [1.165, 1.54) is 0 Å². The van der Waals surface area contributed by atoms with Gasteiger partial charge < -0.3 is 20.5 Å². The number of hydrogen-bond acceptors (Lipinski definition) is 5. The predicted octanol–water partition coefficient (Wildman–Crippen LogP) is 1.39. The van der Waals surface area contributed by atoms with Crippen molar-refractivity contribution in [3.8, 4) is 11.5 Å². The molecule has 0 saturated heterocycles. The summed E-state index contributed by atoms with van der Waals surface area (Å²) in [5, 5.41) is 7.01. The first-order valence-corrected chi connectivity index (χ1v) is 7.37. The maximum absolute atomic E-state index is 12.0. The number of nitrogens with two attached hydrogens (primary N) is 1. The normalized spacial score (nSPS) is 10.4. The summed E-state index contributed by atoms with van der Waals surface area (Å²) >= 11 is 0. The number of carbonyl (C=O) groups excluding carboxylic acids is 1. The van der Waals surface area contributed by atoms with E-state index in [2.05, 4.69) is 10.4 Å². The smallest absolute Gasteiger partial charge is 0.262 e. The number of nitrogens with one attached hydrogen (secondary N) is 1. The number of rotatable bonds is 7. The molecule has 0 spiro atoms. The molecule has 0 saturated carbocycles. The highest BCUT2D eigenvalue weighted by Gasteiger charge is 2.12. The summed E-state index contributed by atoms with van der Waals surface area (Å²) in [6.07, 6.45) is 0. The van der Waals surface area contributed by atoms with Crippen molar-refractivity contribution in [3.63, 3.8) is 0 Å². The lowest BCUT2D eigenvalue weighted by Crippen LogP contribution is -2.20. The minimum atomic E-state index is -0.233. The second-order valence-electron chi connectivity index (χ2n) is 5.12. The fourth-order valence-electron chi connectivity index (χ4n) is 2.11. The van der Waals surface area contributed by atoms with Crippen LogP contribution < -0.4 is 20.5 Å². The summed E-state index contributed by atoms with van der Waals surface area (Å²) in [6, 6.07) is 7.09. The van der Waals surface area contributed by atoms with Crippen LogP contribution in [0.2, 0.25) is 0 Å². The Morgan fingerprint density at radius 3 is 2.52 bits per heavy atom. The highest BCUT2D eigenvalue weighted by molar-refractivity contribution is 5.91. The van der Waals surface area contributed by atoms with Crippen LogP contribution in [0.25, 0.3) is 0 Å². The Morgan fingerprint density at radius 1 is 1.26 bits per heavy atom. The highest BCUT2D eigenvalue weighted by atomic mass is 16.5. The summed E-state index contributed by atoms with van der Waals surface area (Å²) in [5.41, 5.74) is 7.70. The van der Waals surface area contributed by atoms with Crippen molar-refractivity contribution in [2.75, 3.05) is 25.1 Å². The number of carbonyl (C=O) groups is 1. The topological polar surface area (TPSA) is 91.4 Å². The first kappa shape index (κ1) is 16.8. The molecule has 2 rings (SSSR count). The van der Waals surface area contributed by atoms with E-state index < -0.39 is 0 Å². The van der Waals surface area contributed by atoms with E-state index in [4.69, 9.17) is 15.2 Å². The quantitative estimate of drug-likeness (QED) is 0.805. The van der Waals surface area contributed by atoms with Gasteiger partial charge in [-0.25, -0.2) is 0 Å². The minimum absolute atomic E-state index is 0.0706. The number of ether oxygens (including phenoxy) is 2. The molecule has 1 amide bonds. The lowest BCUT2D eigenvalue weighted by Gasteiger charge is -2.09. The summed E-state index contributed by atoms with van der Waals surface area (Å²) in [4.78, 5) is 12.0. The van der Waals surface area contributed by atoms with Crippen molar-refractivity contribution in [2.24, 2.45) is 12.8 Å². The Balaban J connectivity index is 1.87. The summed E-state index contributed by atoms with van der Waals surface area (Å²) in [7, 11) is 1.84. The van der Waals surface area contributed by atoms with Crippen LogP contribution in [0.15, 0.2) is 24.3 Å². The molecule has 0 unspecified atom stereocenters. The Hall–Kier alpha value is -2.54. The molecule has 0 atom stereocenters. The van der Waals surface area contributed by atoms with Gasteiger partial charge in [-0.05, 0) is 38.1 Å². The van der Waals surface area contributed by atoms with E-state index in [1.54, 1.807) is 28.9 Å². The number of aromatic nitrogens is 2. The minimum Gasteiger partial charge on any atom is -0.492 e. The maximum Gasteiger partial charge on any atom is 0.262 e. The lowest BCUT2D eigenvalue weighted by atomic mass is 10.3. The molecule has 0 aliphatic rings. The molecular formula is C16H22N4O3. The molecule has 7 nitrogen and oxygen atoms in total. The van der Waals surface area contributed by atoms with Crippen molar-refractivity contribution in [2.45, 2.75) is 13.8 Å². The van der Waals surface area contributed by atoms with Gasteiger partial charge in [0.05, 0.1) is 5.69 Å². The van der Waals surface area contributed by atoms with Crippen LogP contribution in [0, 0.1) is 13.8 Å². The summed E-state index contributed by atoms with van der Waals surface area (Å²) in [5.74, 6) is 1.13. The maximum atomic E-state index is 12.0. The molecular weight excluding hydrogens is 296 g/mol. The van der Waals surface area contributed by atoms with Crippen molar-refractivity contribution < 1.29 is 14.3 Å². The summed E-state index contributed by atoms with van der Waals surface area (Å²) in [6.45, 7) is 4.60. The Kier molecular flexibility index (Phi) is 5.59. The molecule has 124 valence electrons. The monoisotopic (exact) mass is 318 g/mol. The van der Waals surface area contributed by atoms with E-state index in [-0.39, 0.29) is 12.5 Å². The van der Waals surface area contributed by atoms with Crippen molar-refractivity contribution in [1.82, 2.24) is 9.78 Å². The van der Waals surface area contributed by atoms with Gasteiger partial charge in [0.2, 0.25) is 0 Å². The number of anilines is 1. The molecule has 0 fully saturated rings. The van der Waals surface area contributed by atoms with E-state index in [0.717, 1.165) is 11.4 Å². The first-order chi connectivity index (χ1) is 11.0. The van der Waals surface area contributed by atoms with Gasteiger partial charge in [-0.2, -0.15) is 5.10 Å². The number of aryl methyl sites for hydroxylation is 2. The Labute approximate surface area is 135 Å². The third-order valence-corrected chi connectivity index (χ3v) is 3.31. The molecule has 0 bridgehead atoms. The van der Waals surface area contributed by atoms with E-state index in [0.29, 0.717) is 30.3 Å². The molecule has 2 aromatic rings. The predicted molar refractivity (Wildman–Crippen MR) is 87.8 cm³/mol. The van der Waals surface area contributed by atoms with Crippen LogP contribution in [-0.2, 0) is 11.8 Å². The zero-order chi connectivity index (χ0) is 16.8. The standard InChI is InChI=1S/C16H22N4O3/c1-11-16(12(2)20(3)19-11)23-10-15(21)18-13-4-6-14(7-5-13)22-9-8-17/h4-7H,8-10,17H2,1-3H3,(H,18,21). The molecule has 0 aliphatic heterocycles. The molecule has 0 radical (unpaired) electrons. The molecule has 7 heteroatoms. The first-order valence-electron chi connectivity index (χ1n) is 7.37. The van der Waals surface area contributed by atoms with Crippen LogP contribution in [0.3, 0.4) is 0 Å². The van der Waals surface area contributed by atoms with Crippen LogP contribution in [0.5, 0.6) is 11.5 Å². The number of benzene rings is 1.